The van der Waals surface area contributed by atoms with Crippen molar-refractivity contribution in [3.63, 3.8) is 0 Å². The Morgan fingerprint density at radius 1 is 1.14 bits per heavy atom. The molecule has 2 aromatic carbocycles. The predicted octanol–water partition coefficient (Wildman–Crippen LogP) is 3.24. The Bertz CT molecular complexity index is 821. The van der Waals surface area contributed by atoms with Gasteiger partial charge in [-0.25, -0.2) is 9.48 Å². The summed E-state index contributed by atoms with van der Waals surface area (Å²) in [6.07, 6.45) is 0. The van der Waals surface area contributed by atoms with Gasteiger partial charge >= 0.3 is 5.97 Å². The Hall–Kier alpha value is -2.69. The van der Waals surface area contributed by atoms with E-state index in [1.165, 1.54) is 0 Å². The van der Waals surface area contributed by atoms with E-state index in [0.29, 0.717) is 5.69 Å². The van der Waals surface area contributed by atoms with Gasteiger partial charge in [-0.05, 0) is 28.8 Å². The lowest BCUT2D eigenvalue weighted by Crippen LogP contribution is -2.08. The van der Waals surface area contributed by atoms with Crippen LogP contribution in [0.5, 0.6) is 0 Å². The summed E-state index contributed by atoms with van der Waals surface area (Å²) in [4.78, 5) is 11.3. The van der Waals surface area contributed by atoms with Crippen molar-refractivity contribution in [1.82, 2.24) is 15.0 Å². The van der Waals surface area contributed by atoms with Crippen LogP contribution in [0, 0.1) is 0 Å². The van der Waals surface area contributed by atoms with Gasteiger partial charge in [-0.15, -0.1) is 5.10 Å². The Balaban J connectivity index is 2.20. The number of benzene rings is 2. The molecule has 0 aliphatic carbocycles. The SMILES string of the molecule is CC(C)c1c(C(=O)O)nnn1-c1ccc2ccccc2c1. The fourth-order valence-corrected chi connectivity index (χ4v) is 2.46. The Morgan fingerprint density at radius 3 is 2.52 bits per heavy atom. The van der Waals surface area contributed by atoms with Crippen molar-refractivity contribution < 1.29 is 9.90 Å². The zero-order chi connectivity index (χ0) is 15.0. The third-order valence-corrected chi connectivity index (χ3v) is 3.43. The Morgan fingerprint density at radius 2 is 1.86 bits per heavy atom. The van der Waals surface area contributed by atoms with Gasteiger partial charge in [0.2, 0.25) is 0 Å². The maximum absolute atomic E-state index is 11.3. The summed E-state index contributed by atoms with van der Waals surface area (Å²) in [5.74, 6) is -1.04. The van der Waals surface area contributed by atoms with Crippen molar-refractivity contribution >= 4 is 16.7 Å². The van der Waals surface area contributed by atoms with Crippen LogP contribution >= 0.6 is 0 Å². The highest BCUT2D eigenvalue weighted by Crippen LogP contribution is 2.24. The molecule has 1 aromatic heterocycles. The van der Waals surface area contributed by atoms with Gasteiger partial charge in [0.25, 0.3) is 0 Å². The molecule has 106 valence electrons. The minimum atomic E-state index is -1.05. The van der Waals surface area contributed by atoms with Crippen LogP contribution in [-0.2, 0) is 0 Å². The van der Waals surface area contributed by atoms with Crippen LogP contribution in [0.1, 0.15) is 35.9 Å². The van der Waals surface area contributed by atoms with Crippen LogP contribution in [0.4, 0.5) is 0 Å². The van der Waals surface area contributed by atoms with E-state index in [0.717, 1.165) is 16.5 Å². The molecule has 0 atom stereocenters. The number of aromatic nitrogens is 3. The van der Waals surface area contributed by atoms with Gasteiger partial charge < -0.3 is 5.11 Å². The monoisotopic (exact) mass is 281 g/mol. The maximum atomic E-state index is 11.3. The lowest BCUT2D eigenvalue weighted by atomic mass is 10.1. The van der Waals surface area contributed by atoms with Crippen molar-refractivity contribution in [3.8, 4) is 5.69 Å². The maximum Gasteiger partial charge on any atom is 0.358 e. The van der Waals surface area contributed by atoms with E-state index >= 15 is 0 Å². The largest absolute Gasteiger partial charge is 0.476 e. The van der Waals surface area contributed by atoms with Gasteiger partial charge in [-0.1, -0.05) is 49.4 Å². The molecule has 0 bridgehead atoms. The van der Waals surface area contributed by atoms with Gasteiger partial charge in [-0.2, -0.15) is 0 Å². The number of rotatable bonds is 3. The molecule has 1 N–H and O–H groups in total. The summed E-state index contributed by atoms with van der Waals surface area (Å²) in [6.45, 7) is 3.87. The second-order valence-electron chi connectivity index (χ2n) is 5.23. The summed E-state index contributed by atoms with van der Waals surface area (Å²) < 4.78 is 1.61. The molecule has 0 unspecified atom stereocenters. The number of carboxylic acid groups (broad SMARTS) is 1. The Labute approximate surface area is 121 Å². The van der Waals surface area contributed by atoms with Crippen LogP contribution < -0.4 is 0 Å². The molecular formula is C16H15N3O2. The third-order valence-electron chi connectivity index (χ3n) is 3.43. The highest BCUT2D eigenvalue weighted by Gasteiger charge is 2.22. The fourth-order valence-electron chi connectivity index (χ4n) is 2.46. The standard InChI is InChI=1S/C16H15N3O2/c1-10(2)15-14(16(20)21)17-18-19(15)13-8-7-11-5-3-4-6-12(11)9-13/h3-10H,1-2H3,(H,20,21). The van der Waals surface area contributed by atoms with E-state index < -0.39 is 5.97 Å². The predicted molar refractivity (Wildman–Crippen MR) is 79.9 cm³/mol. The van der Waals surface area contributed by atoms with Crippen molar-refractivity contribution in [2.45, 2.75) is 19.8 Å². The number of fused-ring (bicyclic) bond motifs is 1. The molecular weight excluding hydrogens is 266 g/mol. The van der Waals surface area contributed by atoms with Crippen molar-refractivity contribution in [2.24, 2.45) is 0 Å². The van der Waals surface area contributed by atoms with E-state index in [2.05, 4.69) is 10.3 Å². The summed E-state index contributed by atoms with van der Waals surface area (Å²) >= 11 is 0. The number of hydrogen-bond acceptors (Lipinski definition) is 3. The molecule has 0 aliphatic heterocycles. The Kier molecular flexibility index (Phi) is 3.17. The van der Waals surface area contributed by atoms with E-state index in [-0.39, 0.29) is 11.6 Å². The molecule has 0 spiro atoms. The third kappa shape index (κ3) is 2.27. The normalized spacial score (nSPS) is 11.2. The highest BCUT2D eigenvalue weighted by molar-refractivity contribution is 5.87. The lowest BCUT2D eigenvalue weighted by Gasteiger charge is -2.10. The quantitative estimate of drug-likeness (QED) is 0.800. The fraction of sp³-hybridized carbons (Fsp3) is 0.188. The van der Waals surface area contributed by atoms with E-state index in [9.17, 15) is 9.90 Å². The molecule has 0 amide bonds. The van der Waals surface area contributed by atoms with Gasteiger partial charge in [0.05, 0.1) is 11.4 Å². The first kappa shape index (κ1) is 13.3. The smallest absolute Gasteiger partial charge is 0.358 e. The van der Waals surface area contributed by atoms with Crippen molar-refractivity contribution in [3.05, 3.63) is 53.9 Å². The van der Waals surface area contributed by atoms with E-state index in [1.54, 1.807) is 4.68 Å². The first-order valence-electron chi connectivity index (χ1n) is 6.76. The van der Waals surface area contributed by atoms with Crippen LogP contribution in [-0.4, -0.2) is 26.1 Å². The summed E-state index contributed by atoms with van der Waals surface area (Å²) in [5.41, 5.74) is 1.44. The molecule has 1 heterocycles. The highest BCUT2D eigenvalue weighted by atomic mass is 16.4. The first-order chi connectivity index (χ1) is 10.1. The van der Waals surface area contributed by atoms with Gasteiger partial charge in [0.15, 0.2) is 5.69 Å². The minimum absolute atomic E-state index is 0.0116. The minimum Gasteiger partial charge on any atom is -0.476 e. The van der Waals surface area contributed by atoms with Crippen molar-refractivity contribution in [1.29, 1.82) is 0 Å². The molecule has 3 rings (SSSR count). The summed E-state index contributed by atoms with van der Waals surface area (Å²) in [5, 5.41) is 19.3. The molecule has 3 aromatic rings. The average Bonchev–Trinajstić information content (AvgIpc) is 2.92. The lowest BCUT2D eigenvalue weighted by molar-refractivity contribution is 0.0688. The van der Waals surface area contributed by atoms with Gasteiger partial charge in [0.1, 0.15) is 0 Å². The molecule has 0 aliphatic rings. The molecule has 0 radical (unpaired) electrons. The average molecular weight is 281 g/mol. The molecule has 5 nitrogen and oxygen atoms in total. The van der Waals surface area contributed by atoms with Crippen LogP contribution in [0.2, 0.25) is 0 Å². The summed E-state index contributed by atoms with van der Waals surface area (Å²) in [7, 11) is 0. The van der Waals surface area contributed by atoms with Crippen LogP contribution in [0.15, 0.2) is 42.5 Å². The molecule has 5 heteroatoms. The van der Waals surface area contributed by atoms with Crippen molar-refractivity contribution in [2.75, 3.05) is 0 Å². The van der Waals surface area contributed by atoms with Crippen LogP contribution in [0.3, 0.4) is 0 Å². The summed E-state index contributed by atoms with van der Waals surface area (Å²) in [6, 6.07) is 13.9. The number of carboxylic acids is 1. The molecule has 21 heavy (non-hydrogen) atoms. The zero-order valence-electron chi connectivity index (χ0n) is 11.8. The molecule has 0 fully saturated rings. The number of nitrogens with zero attached hydrogens (tertiary/aromatic N) is 3. The molecule has 0 saturated carbocycles. The zero-order valence-corrected chi connectivity index (χ0v) is 11.8. The van der Waals surface area contributed by atoms with E-state index in [4.69, 9.17) is 0 Å². The number of hydrogen-bond donors (Lipinski definition) is 1. The second kappa shape index (κ2) is 5.01. The van der Waals surface area contributed by atoms with E-state index in [1.807, 2.05) is 56.3 Å². The van der Waals surface area contributed by atoms with Gasteiger partial charge in [0, 0.05) is 0 Å². The second-order valence-corrected chi connectivity index (χ2v) is 5.23. The van der Waals surface area contributed by atoms with Crippen LogP contribution in [0.25, 0.3) is 16.5 Å². The van der Waals surface area contributed by atoms with Gasteiger partial charge in [-0.3, -0.25) is 0 Å². The first-order valence-corrected chi connectivity index (χ1v) is 6.76. The number of aromatic carboxylic acids is 1. The number of carbonyl (C=O) groups is 1. The topological polar surface area (TPSA) is 68.0 Å². The molecule has 0 saturated heterocycles.